The Morgan fingerprint density at radius 1 is 1.11 bits per heavy atom. The van der Waals surface area contributed by atoms with Crippen molar-refractivity contribution in [2.45, 2.75) is 19.6 Å². The van der Waals surface area contributed by atoms with E-state index in [1.165, 1.54) is 0 Å². The van der Waals surface area contributed by atoms with Crippen molar-refractivity contribution in [3.63, 3.8) is 0 Å². The first-order chi connectivity index (χ1) is 8.54. The van der Waals surface area contributed by atoms with E-state index >= 15 is 0 Å². The van der Waals surface area contributed by atoms with Crippen LogP contribution in [0.3, 0.4) is 0 Å². The van der Waals surface area contributed by atoms with Crippen LogP contribution in [0, 0.1) is 0 Å². The van der Waals surface area contributed by atoms with Crippen LogP contribution >= 0.6 is 0 Å². The smallest absolute Gasteiger partial charge is 0.242 e. The first kappa shape index (κ1) is 12.6. The first-order valence-corrected chi connectivity index (χ1v) is 9.31. The minimum Gasteiger partial charge on any atom is -0.543 e. The second-order valence-electron chi connectivity index (χ2n) is 4.96. The zero-order chi connectivity index (χ0) is 13.0. The van der Waals surface area contributed by atoms with Crippen LogP contribution in [0.4, 0.5) is 5.69 Å². The third-order valence-electron chi connectivity index (χ3n) is 2.16. The number of hydrogen-bond donors (Lipinski definition) is 0. The van der Waals surface area contributed by atoms with E-state index in [4.69, 9.17) is 8.84 Å². The highest BCUT2D eigenvalue weighted by Crippen LogP contribution is 2.29. The molecule has 0 amide bonds. The Balaban J connectivity index is 2.22. The first-order valence-electron chi connectivity index (χ1n) is 5.90. The van der Waals surface area contributed by atoms with Crippen molar-refractivity contribution in [3.05, 3.63) is 48.4 Å². The van der Waals surface area contributed by atoms with E-state index in [-0.39, 0.29) is 0 Å². The Hall–Kier alpha value is -1.81. The fourth-order valence-electron chi connectivity index (χ4n) is 1.48. The number of nitrogens with zero attached hydrogens (tertiary/aromatic N) is 1. The average molecular weight is 259 g/mol. The molecule has 0 atom stereocenters. The van der Waals surface area contributed by atoms with E-state index in [0.29, 0.717) is 0 Å². The molecular weight excluding hydrogens is 242 g/mol. The fourth-order valence-corrected chi connectivity index (χ4v) is 2.31. The zero-order valence-corrected chi connectivity index (χ0v) is 11.9. The number of para-hydroxylation sites is 2. The Morgan fingerprint density at radius 3 is 2.50 bits per heavy atom. The summed E-state index contributed by atoms with van der Waals surface area (Å²) >= 11 is 0. The summed E-state index contributed by atoms with van der Waals surface area (Å²) < 4.78 is 11.2. The van der Waals surface area contributed by atoms with E-state index in [2.05, 4.69) is 24.6 Å². The molecule has 0 N–H and O–H groups in total. The highest BCUT2D eigenvalue weighted by atomic mass is 28.4. The minimum absolute atomic E-state index is 0.734. The van der Waals surface area contributed by atoms with Crippen LogP contribution in [0.5, 0.6) is 5.75 Å². The van der Waals surface area contributed by atoms with Crippen molar-refractivity contribution in [2.75, 3.05) is 0 Å². The SMILES string of the molecule is C[Si](C)(C)Oc1ccccc1/N=C/c1ccco1. The van der Waals surface area contributed by atoms with E-state index in [1.54, 1.807) is 12.5 Å². The molecule has 2 rings (SSSR count). The fraction of sp³-hybridized carbons (Fsp3) is 0.214. The second kappa shape index (κ2) is 5.22. The van der Waals surface area contributed by atoms with Crippen LogP contribution in [0.1, 0.15) is 5.76 Å². The highest BCUT2D eigenvalue weighted by molar-refractivity contribution is 6.70. The van der Waals surface area contributed by atoms with Crippen molar-refractivity contribution >= 4 is 20.2 Å². The minimum atomic E-state index is -1.62. The standard InChI is InChI=1S/C14H17NO2Si/c1-18(2,3)17-14-9-5-4-8-13(14)15-11-12-7-6-10-16-12/h4-11H,1-3H3/b15-11+. The molecule has 1 aromatic carbocycles. The molecule has 0 saturated heterocycles. The van der Waals surface area contributed by atoms with Gasteiger partial charge in [0.15, 0.2) is 0 Å². The van der Waals surface area contributed by atoms with Crippen LogP contribution in [-0.4, -0.2) is 14.5 Å². The summed E-state index contributed by atoms with van der Waals surface area (Å²) in [5.41, 5.74) is 0.830. The number of rotatable bonds is 4. The van der Waals surface area contributed by atoms with Crippen LogP contribution in [0.25, 0.3) is 0 Å². The van der Waals surface area contributed by atoms with E-state index in [9.17, 15) is 0 Å². The van der Waals surface area contributed by atoms with Crippen molar-refractivity contribution in [3.8, 4) is 5.75 Å². The summed E-state index contributed by atoms with van der Waals surface area (Å²) in [5, 5.41) is 0. The van der Waals surface area contributed by atoms with Gasteiger partial charge in [0.05, 0.1) is 12.5 Å². The second-order valence-corrected chi connectivity index (χ2v) is 9.38. The third kappa shape index (κ3) is 3.60. The Kier molecular flexibility index (Phi) is 3.67. The van der Waals surface area contributed by atoms with Crippen molar-refractivity contribution in [1.82, 2.24) is 0 Å². The Bertz CT molecular complexity index is 527. The van der Waals surface area contributed by atoms with Crippen LogP contribution < -0.4 is 4.43 Å². The monoisotopic (exact) mass is 259 g/mol. The van der Waals surface area contributed by atoms with Crippen LogP contribution in [0.15, 0.2) is 52.1 Å². The van der Waals surface area contributed by atoms with Gasteiger partial charge in [-0.2, -0.15) is 0 Å². The molecule has 0 aliphatic heterocycles. The lowest BCUT2D eigenvalue weighted by atomic mass is 10.3. The highest BCUT2D eigenvalue weighted by Gasteiger charge is 2.17. The molecule has 2 aromatic rings. The van der Waals surface area contributed by atoms with E-state index in [1.807, 2.05) is 36.4 Å². The average Bonchev–Trinajstić information content (AvgIpc) is 2.79. The number of furan rings is 1. The molecule has 1 aromatic heterocycles. The summed E-state index contributed by atoms with van der Waals surface area (Å²) in [5.74, 6) is 1.57. The molecule has 1 heterocycles. The molecule has 0 saturated carbocycles. The van der Waals surface area contributed by atoms with Crippen molar-refractivity contribution in [1.29, 1.82) is 0 Å². The molecular formula is C14H17NO2Si. The van der Waals surface area contributed by atoms with Gasteiger partial charge in [-0.25, -0.2) is 4.99 Å². The normalized spacial score (nSPS) is 11.9. The molecule has 0 aliphatic rings. The molecule has 0 spiro atoms. The van der Waals surface area contributed by atoms with Gasteiger partial charge in [-0.15, -0.1) is 0 Å². The lowest BCUT2D eigenvalue weighted by Crippen LogP contribution is -2.29. The Labute approximate surface area is 108 Å². The maximum Gasteiger partial charge on any atom is 0.242 e. The largest absolute Gasteiger partial charge is 0.543 e. The predicted octanol–water partition coefficient (Wildman–Crippen LogP) is 4.24. The van der Waals surface area contributed by atoms with Crippen molar-refractivity contribution in [2.24, 2.45) is 4.99 Å². The lowest BCUT2D eigenvalue weighted by molar-refractivity contribution is 0.557. The number of aliphatic imine (C=N–C) groups is 1. The van der Waals surface area contributed by atoms with Gasteiger partial charge in [0.2, 0.25) is 8.32 Å². The third-order valence-corrected chi connectivity index (χ3v) is 2.99. The summed E-state index contributed by atoms with van der Waals surface area (Å²) in [7, 11) is -1.62. The summed E-state index contributed by atoms with van der Waals surface area (Å²) in [4.78, 5) is 4.41. The maximum atomic E-state index is 6.00. The molecule has 0 aliphatic carbocycles. The lowest BCUT2D eigenvalue weighted by Gasteiger charge is -2.20. The van der Waals surface area contributed by atoms with Crippen LogP contribution in [0.2, 0.25) is 19.6 Å². The number of benzene rings is 1. The van der Waals surface area contributed by atoms with Crippen molar-refractivity contribution < 1.29 is 8.84 Å². The predicted molar refractivity (Wildman–Crippen MR) is 76.4 cm³/mol. The zero-order valence-electron chi connectivity index (χ0n) is 10.9. The van der Waals surface area contributed by atoms with Gasteiger partial charge in [0.1, 0.15) is 17.2 Å². The quantitative estimate of drug-likeness (QED) is 0.608. The van der Waals surface area contributed by atoms with Gasteiger partial charge in [-0.3, -0.25) is 0 Å². The molecule has 0 radical (unpaired) electrons. The van der Waals surface area contributed by atoms with Gasteiger partial charge < -0.3 is 8.84 Å². The molecule has 4 heteroatoms. The van der Waals surface area contributed by atoms with Gasteiger partial charge in [0, 0.05) is 0 Å². The van der Waals surface area contributed by atoms with Crippen LogP contribution in [-0.2, 0) is 0 Å². The Morgan fingerprint density at radius 2 is 1.89 bits per heavy atom. The summed E-state index contributed by atoms with van der Waals surface area (Å²) in [6.07, 6.45) is 3.33. The molecule has 0 fully saturated rings. The maximum absolute atomic E-state index is 6.00. The van der Waals surface area contributed by atoms with E-state index < -0.39 is 8.32 Å². The van der Waals surface area contributed by atoms with Gasteiger partial charge >= 0.3 is 0 Å². The molecule has 3 nitrogen and oxygen atoms in total. The van der Waals surface area contributed by atoms with E-state index in [0.717, 1.165) is 17.2 Å². The number of hydrogen-bond acceptors (Lipinski definition) is 3. The topological polar surface area (TPSA) is 34.7 Å². The molecule has 94 valence electrons. The summed E-state index contributed by atoms with van der Waals surface area (Å²) in [6.45, 7) is 6.46. The molecule has 0 unspecified atom stereocenters. The van der Waals surface area contributed by atoms with Gasteiger partial charge in [0.25, 0.3) is 0 Å². The van der Waals surface area contributed by atoms with Gasteiger partial charge in [-0.05, 0) is 43.9 Å². The summed E-state index contributed by atoms with van der Waals surface area (Å²) in [6, 6.07) is 11.5. The van der Waals surface area contributed by atoms with Gasteiger partial charge in [-0.1, -0.05) is 12.1 Å². The molecule has 18 heavy (non-hydrogen) atoms. The molecule has 0 bridgehead atoms.